The molecule has 2 heteroatoms. The Bertz CT molecular complexity index is 377. The Morgan fingerprint density at radius 1 is 0.944 bits per heavy atom. The molecule has 5 atom stereocenters. The number of hydrogen-bond acceptors (Lipinski definition) is 2. The van der Waals surface area contributed by atoms with Crippen LogP contribution in [0.1, 0.15) is 66.2 Å². The molecule has 0 aromatic carbocycles. The van der Waals surface area contributed by atoms with Gasteiger partial charge in [0.25, 0.3) is 0 Å². The Hall–Kier alpha value is -0.0800. The molecule has 3 saturated carbocycles. The quantitative estimate of drug-likeness (QED) is 0.695. The average Bonchev–Trinajstić information content (AvgIpc) is 2.27. The third kappa shape index (κ3) is 1.37. The zero-order chi connectivity index (χ0) is 13.4. The minimum absolute atomic E-state index is 0.0660. The highest BCUT2D eigenvalue weighted by Crippen LogP contribution is 2.71. The Morgan fingerprint density at radius 3 is 2.22 bits per heavy atom. The van der Waals surface area contributed by atoms with Crippen LogP contribution in [0.25, 0.3) is 0 Å². The van der Waals surface area contributed by atoms with Crippen molar-refractivity contribution >= 4 is 0 Å². The van der Waals surface area contributed by atoms with Crippen molar-refractivity contribution in [2.45, 2.75) is 77.9 Å². The van der Waals surface area contributed by atoms with E-state index in [9.17, 15) is 10.2 Å². The Kier molecular flexibility index (Phi) is 2.39. The first-order valence-electron chi connectivity index (χ1n) is 7.54. The van der Waals surface area contributed by atoms with Gasteiger partial charge in [-0.1, -0.05) is 27.7 Å². The summed E-state index contributed by atoms with van der Waals surface area (Å²) in [6.07, 6.45) is 5.50. The van der Waals surface area contributed by atoms with Crippen LogP contribution in [0, 0.1) is 22.2 Å². The lowest BCUT2D eigenvalue weighted by Gasteiger charge is -2.66. The molecule has 3 aliphatic rings. The topological polar surface area (TPSA) is 40.5 Å². The number of aliphatic hydroxyl groups excluding tert-OH is 1. The molecule has 5 unspecified atom stereocenters. The standard InChI is InChI=1S/C16H28O2/c1-13(2)9-15(4)11(13)5-7-14(3)10-16(15,18)8-6-12(14)17/h11-12,17-18H,5-10H2,1-4H3. The summed E-state index contributed by atoms with van der Waals surface area (Å²) in [5, 5.41) is 21.6. The van der Waals surface area contributed by atoms with Crippen molar-refractivity contribution in [3.8, 4) is 0 Å². The van der Waals surface area contributed by atoms with Gasteiger partial charge in [-0.2, -0.15) is 0 Å². The zero-order valence-corrected chi connectivity index (χ0v) is 12.3. The number of hydrogen-bond donors (Lipinski definition) is 2. The second-order valence-corrected chi connectivity index (χ2v) is 8.59. The molecule has 104 valence electrons. The fourth-order valence-corrected chi connectivity index (χ4v) is 5.94. The van der Waals surface area contributed by atoms with Gasteiger partial charge in [0, 0.05) is 5.41 Å². The SMILES string of the molecule is CC1(C)CC2(C)C1CCC1(C)CC2(O)CCC1O. The van der Waals surface area contributed by atoms with Gasteiger partial charge >= 0.3 is 0 Å². The van der Waals surface area contributed by atoms with Crippen molar-refractivity contribution in [3.05, 3.63) is 0 Å². The largest absolute Gasteiger partial charge is 0.393 e. The van der Waals surface area contributed by atoms with Crippen LogP contribution in [0.4, 0.5) is 0 Å². The van der Waals surface area contributed by atoms with E-state index in [0.717, 1.165) is 32.1 Å². The molecule has 0 aromatic heterocycles. The van der Waals surface area contributed by atoms with Crippen LogP contribution in [0.5, 0.6) is 0 Å². The van der Waals surface area contributed by atoms with E-state index in [-0.39, 0.29) is 16.9 Å². The van der Waals surface area contributed by atoms with Crippen LogP contribution in [0.2, 0.25) is 0 Å². The molecular formula is C16H28O2. The lowest BCUT2D eigenvalue weighted by molar-refractivity contribution is -0.235. The predicted molar refractivity (Wildman–Crippen MR) is 72.1 cm³/mol. The lowest BCUT2D eigenvalue weighted by atomic mass is 9.41. The first kappa shape index (κ1) is 12.9. The van der Waals surface area contributed by atoms with Crippen molar-refractivity contribution in [2.24, 2.45) is 22.2 Å². The van der Waals surface area contributed by atoms with Gasteiger partial charge in [-0.25, -0.2) is 0 Å². The van der Waals surface area contributed by atoms with E-state index in [1.807, 2.05) is 0 Å². The minimum atomic E-state index is -0.544. The molecule has 0 saturated heterocycles. The van der Waals surface area contributed by atoms with Crippen molar-refractivity contribution in [3.63, 3.8) is 0 Å². The van der Waals surface area contributed by atoms with Gasteiger partial charge in [0.15, 0.2) is 0 Å². The molecule has 2 N–H and O–H groups in total. The Labute approximate surface area is 111 Å². The summed E-state index contributed by atoms with van der Waals surface area (Å²) in [7, 11) is 0. The smallest absolute Gasteiger partial charge is 0.0711 e. The molecule has 3 aliphatic carbocycles. The first-order chi connectivity index (χ1) is 8.13. The molecule has 2 bridgehead atoms. The monoisotopic (exact) mass is 252 g/mol. The van der Waals surface area contributed by atoms with Crippen molar-refractivity contribution in [2.75, 3.05) is 0 Å². The second-order valence-electron chi connectivity index (χ2n) is 8.59. The number of fused-ring (bicyclic) bond motifs is 4. The van der Waals surface area contributed by atoms with Gasteiger partial charge in [-0.15, -0.1) is 0 Å². The molecule has 3 fully saturated rings. The second kappa shape index (κ2) is 3.32. The molecular weight excluding hydrogens is 224 g/mol. The fraction of sp³-hybridized carbons (Fsp3) is 1.00. The molecule has 0 aromatic rings. The molecule has 0 radical (unpaired) electrons. The maximum absolute atomic E-state index is 11.2. The van der Waals surface area contributed by atoms with Crippen LogP contribution in [-0.2, 0) is 0 Å². The Balaban J connectivity index is 2.01. The average molecular weight is 252 g/mol. The van der Waals surface area contributed by atoms with Crippen LogP contribution in [-0.4, -0.2) is 21.9 Å². The molecule has 3 rings (SSSR count). The summed E-state index contributed by atoms with van der Waals surface area (Å²) in [5.74, 6) is 0.613. The van der Waals surface area contributed by atoms with E-state index in [0.29, 0.717) is 11.3 Å². The number of rotatable bonds is 0. The minimum Gasteiger partial charge on any atom is -0.393 e. The van der Waals surface area contributed by atoms with Crippen molar-refractivity contribution < 1.29 is 10.2 Å². The highest BCUT2D eigenvalue weighted by atomic mass is 16.3. The van der Waals surface area contributed by atoms with E-state index in [1.54, 1.807) is 0 Å². The number of aliphatic hydroxyl groups is 2. The maximum atomic E-state index is 11.2. The summed E-state index contributed by atoms with van der Waals surface area (Å²) in [4.78, 5) is 0. The summed E-state index contributed by atoms with van der Waals surface area (Å²) in [6.45, 7) is 9.17. The van der Waals surface area contributed by atoms with E-state index >= 15 is 0 Å². The van der Waals surface area contributed by atoms with Crippen LogP contribution in [0.15, 0.2) is 0 Å². The zero-order valence-electron chi connectivity index (χ0n) is 12.3. The van der Waals surface area contributed by atoms with E-state index in [1.165, 1.54) is 6.42 Å². The van der Waals surface area contributed by atoms with Gasteiger partial charge in [0.2, 0.25) is 0 Å². The Morgan fingerprint density at radius 2 is 1.61 bits per heavy atom. The third-order valence-corrected chi connectivity index (χ3v) is 6.93. The fourth-order valence-electron chi connectivity index (χ4n) is 5.94. The highest BCUT2D eigenvalue weighted by Gasteiger charge is 2.68. The van der Waals surface area contributed by atoms with Crippen LogP contribution < -0.4 is 0 Å². The first-order valence-corrected chi connectivity index (χ1v) is 7.54. The molecule has 0 amide bonds. The predicted octanol–water partition coefficient (Wildman–Crippen LogP) is 3.11. The molecule has 0 aliphatic heterocycles. The van der Waals surface area contributed by atoms with Crippen molar-refractivity contribution in [1.82, 2.24) is 0 Å². The van der Waals surface area contributed by atoms with Gasteiger partial charge < -0.3 is 10.2 Å². The summed E-state index contributed by atoms with van der Waals surface area (Å²) < 4.78 is 0. The summed E-state index contributed by atoms with van der Waals surface area (Å²) >= 11 is 0. The lowest BCUT2D eigenvalue weighted by Crippen LogP contribution is -2.64. The van der Waals surface area contributed by atoms with Gasteiger partial charge in [-0.3, -0.25) is 0 Å². The van der Waals surface area contributed by atoms with Gasteiger partial charge in [0.05, 0.1) is 11.7 Å². The highest BCUT2D eigenvalue weighted by molar-refractivity contribution is 5.18. The molecule has 18 heavy (non-hydrogen) atoms. The van der Waals surface area contributed by atoms with Gasteiger partial charge in [-0.05, 0) is 55.3 Å². The summed E-state index contributed by atoms with van der Waals surface area (Å²) in [5.41, 5.74) is -0.168. The van der Waals surface area contributed by atoms with Crippen LogP contribution in [0.3, 0.4) is 0 Å². The normalized spacial score (nSPS) is 58.3. The molecule has 0 heterocycles. The van der Waals surface area contributed by atoms with E-state index in [2.05, 4.69) is 27.7 Å². The van der Waals surface area contributed by atoms with E-state index in [4.69, 9.17) is 0 Å². The summed E-state index contributed by atoms with van der Waals surface area (Å²) in [6, 6.07) is 0. The van der Waals surface area contributed by atoms with Crippen LogP contribution >= 0.6 is 0 Å². The molecule has 2 nitrogen and oxygen atoms in total. The molecule has 0 spiro atoms. The maximum Gasteiger partial charge on any atom is 0.0711 e. The van der Waals surface area contributed by atoms with Crippen molar-refractivity contribution in [1.29, 1.82) is 0 Å². The third-order valence-electron chi connectivity index (χ3n) is 6.93. The van der Waals surface area contributed by atoms with Gasteiger partial charge in [0.1, 0.15) is 0 Å². The van der Waals surface area contributed by atoms with E-state index < -0.39 is 5.60 Å².